The molecule has 36 heavy (non-hydrogen) atoms. The van der Waals surface area contributed by atoms with Crippen LogP contribution in [0.1, 0.15) is 102 Å². The molecule has 0 heterocycles. The van der Waals surface area contributed by atoms with Gasteiger partial charge in [-0.05, 0) is 30.7 Å². The van der Waals surface area contributed by atoms with Gasteiger partial charge in [-0.1, -0.05) is 132 Å². The Kier molecular flexibility index (Phi) is 15.5. The van der Waals surface area contributed by atoms with Gasteiger partial charge < -0.3 is 15.3 Å². The number of phenolic OH excluding ortho intramolecular Hbond substituents is 1. The SMILES string of the molecule is CCCCCCCCCCCCCCCCN(Cc1cc(Cl)cc(Cl)c1O)C(=O)Nc1ccccc1. The van der Waals surface area contributed by atoms with Gasteiger partial charge in [0.2, 0.25) is 0 Å². The Morgan fingerprint density at radius 3 is 1.89 bits per heavy atom. The number of hydrogen-bond acceptors (Lipinski definition) is 2. The van der Waals surface area contributed by atoms with Crippen molar-refractivity contribution in [2.45, 2.75) is 103 Å². The highest BCUT2D eigenvalue weighted by molar-refractivity contribution is 6.35. The van der Waals surface area contributed by atoms with E-state index in [0.717, 1.165) is 18.5 Å². The molecule has 0 saturated heterocycles. The van der Waals surface area contributed by atoms with E-state index in [4.69, 9.17) is 23.2 Å². The van der Waals surface area contributed by atoms with E-state index in [1.807, 2.05) is 30.3 Å². The average molecular weight is 536 g/mol. The first-order valence-corrected chi connectivity index (χ1v) is 14.5. The van der Waals surface area contributed by atoms with Crippen LogP contribution in [0.2, 0.25) is 10.0 Å². The molecule has 0 saturated carbocycles. The number of phenols is 1. The van der Waals surface area contributed by atoms with Crippen LogP contribution in [0.25, 0.3) is 0 Å². The fourth-order valence-corrected chi connectivity index (χ4v) is 4.95. The third-order valence-corrected chi connectivity index (χ3v) is 7.07. The van der Waals surface area contributed by atoms with Crippen molar-refractivity contribution in [1.29, 1.82) is 0 Å². The molecule has 0 spiro atoms. The van der Waals surface area contributed by atoms with Gasteiger partial charge in [0.05, 0.1) is 11.6 Å². The van der Waals surface area contributed by atoms with E-state index in [1.54, 1.807) is 11.0 Å². The van der Waals surface area contributed by atoms with E-state index in [2.05, 4.69) is 12.2 Å². The molecule has 2 amide bonds. The highest BCUT2D eigenvalue weighted by Gasteiger charge is 2.17. The molecular weight excluding hydrogens is 491 g/mol. The van der Waals surface area contributed by atoms with Crippen molar-refractivity contribution in [3.63, 3.8) is 0 Å². The Balaban J connectivity index is 1.72. The van der Waals surface area contributed by atoms with Crippen LogP contribution in [0.5, 0.6) is 5.75 Å². The first-order chi connectivity index (χ1) is 17.5. The molecule has 0 atom stereocenters. The quantitative estimate of drug-likeness (QED) is 0.187. The summed E-state index contributed by atoms with van der Waals surface area (Å²) < 4.78 is 0. The van der Waals surface area contributed by atoms with Crippen LogP contribution in [0.4, 0.5) is 10.5 Å². The number of benzene rings is 2. The molecule has 2 N–H and O–H groups in total. The molecule has 4 nitrogen and oxygen atoms in total. The van der Waals surface area contributed by atoms with Gasteiger partial charge in [-0.25, -0.2) is 4.79 Å². The maximum Gasteiger partial charge on any atom is 0.322 e. The van der Waals surface area contributed by atoms with Gasteiger partial charge in [-0.15, -0.1) is 0 Å². The lowest BCUT2D eigenvalue weighted by Crippen LogP contribution is -2.35. The summed E-state index contributed by atoms with van der Waals surface area (Å²) in [5.41, 5.74) is 1.28. The normalized spacial score (nSPS) is 11.0. The molecular formula is C30H44Cl2N2O2. The summed E-state index contributed by atoms with van der Waals surface area (Å²) in [6.45, 7) is 3.10. The lowest BCUT2D eigenvalue weighted by atomic mass is 10.0. The molecule has 200 valence electrons. The lowest BCUT2D eigenvalue weighted by Gasteiger charge is -2.24. The molecule has 0 aromatic heterocycles. The summed E-state index contributed by atoms with van der Waals surface area (Å²) in [4.78, 5) is 14.7. The largest absolute Gasteiger partial charge is 0.506 e. The zero-order chi connectivity index (χ0) is 26.0. The second-order valence-corrected chi connectivity index (χ2v) is 10.6. The number of nitrogens with one attached hydrogen (secondary N) is 1. The van der Waals surface area contributed by atoms with Crippen LogP contribution in [0.3, 0.4) is 0 Å². The fraction of sp³-hybridized carbons (Fsp3) is 0.567. The Hall–Kier alpha value is -1.91. The predicted octanol–water partition coefficient (Wildman–Crippen LogP) is 10.2. The van der Waals surface area contributed by atoms with Gasteiger partial charge in [-0.2, -0.15) is 0 Å². The Morgan fingerprint density at radius 2 is 1.33 bits per heavy atom. The Bertz CT molecular complexity index is 877. The Morgan fingerprint density at radius 1 is 0.806 bits per heavy atom. The first-order valence-electron chi connectivity index (χ1n) is 13.8. The highest BCUT2D eigenvalue weighted by Crippen LogP contribution is 2.32. The predicted molar refractivity (Wildman–Crippen MR) is 154 cm³/mol. The van der Waals surface area contributed by atoms with E-state index in [-0.39, 0.29) is 23.3 Å². The number of anilines is 1. The molecule has 0 bridgehead atoms. The number of rotatable bonds is 18. The molecule has 2 rings (SSSR count). The molecule has 2 aromatic rings. The summed E-state index contributed by atoms with van der Waals surface area (Å²) in [7, 11) is 0. The van der Waals surface area contributed by atoms with Gasteiger partial charge in [0, 0.05) is 22.8 Å². The summed E-state index contributed by atoms with van der Waals surface area (Å²) >= 11 is 12.2. The van der Waals surface area contributed by atoms with Crippen molar-refractivity contribution in [3.8, 4) is 5.75 Å². The number of para-hydroxylation sites is 1. The summed E-state index contributed by atoms with van der Waals surface area (Å²) in [5, 5.41) is 14.0. The topological polar surface area (TPSA) is 52.6 Å². The van der Waals surface area contributed by atoms with Crippen LogP contribution in [0.15, 0.2) is 42.5 Å². The van der Waals surface area contributed by atoms with E-state index >= 15 is 0 Å². The molecule has 2 aromatic carbocycles. The van der Waals surface area contributed by atoms with Crippen molar-refractivity contribution in [2.75, 3.05) is 11.9 Å². The van der Waals surface area contributed by atoms with Crippen molar-refractivity contribution < 1.29 is 9.90 Å². The minimum Gasteiger partial charge on any atom is -0.506 e. The number of carbonyl (C=O) groups is 1. The zero-order valence-corrected chi connectivity index (χ0v) is 23.4. The number of aromatic hydroxyl groups is 1. The zero-order valence-electron chi connectivity index (χ0n) is 21.9. The lowest BCUT2D eigenvalue weighted by molar-refractivity contribution is 0.207. The number of amides is 2. The van der Waals surface area contributed by atoms with Gasteiger partial charge in [-0.3, -0.25) is 0 Å². The standard InChI is InChI=1S/C30H44Cl2N2O2/c1-2-3-4-5-6-7-8-9-10-11-12-13-14-18-21-34(30(36)33-27-19-16-15-17-20-27)24-25-22-26(31)23-28(32)29(25)35/h15-17,19-20,22-23,35H,2-14,18,21,24H2,1H3,(H,33,36). The van der Waals surface area contributed by atoms with Gasteiger partial charge in [0.15, 0.2) is 0 Å². The maximum atomic E-state index is 13.0. The number of hydrogen-bond donors (Lipinski definition) is 2. The van der Waals surface area contributed by atoms with Gasteiger partial charge in [0.1, 0.15) is 5.75 Å². The van der Waals surface area contributed by atoms with E-state index in [1.165, 1.54) is 83.1 Å². The van der Waals surface area contributed by atoms with Crippen LogP contribution >= 0.6 is 23.2 Å². The number of nitrogens with zero attached hydrogens (tertiary/aromatic N) is 1. The monoisotopic (exact) mass is 534 g/mol. The van der Waals surface area contributed by atoms with Crippen LogP contribution < -0.4 is 5.32 Å². The van der Waals surface area contributed by atoms with E-state index < -0.39 is 0 Å². The van der Waals surface area contributed by atoms with Crippen molar-refractivity contribution in [1.82, 2.24) is 4.90 Å². The van der Waals surface area contributed by atoms with Crippen LogP contribution in [0, 0.1) is 0 Å². The summed E-state index contributed by atoms with van der Waals surface area (Å²) in [6, 6.07) is 12.4. The fourth-order valence-electron chi connectivity index (χ4n) is 4.42. The first kappa shape index (κ1) is 30.3. The second kappa shape index (κ2) is 18.4. The van der Waals surface area contributed by atoms with Crippen LogP contribution in [-0.2, 0) is 6.54 Å². The molecule has 0 aliphatic rings. The number of carbonyl (C=O) groups excluding carboxylic acids is 1. The average Bonchev–Trinajstić information content (AvgIpc) is 2.86. The Labute approximate surface area is 228 Å². The minimum atomic E-state index is -0.202. The third-order valence-electron chi connectivity index (χ3n) is 6.56. The number of halogens is 2. The van der Waals surface area contributed by atoms with Gasteiger partial charge in [0.25, 0.3) is 0 Å². The number of unbranched alkanes of at least 4 members (excludes halogenated alkanes) is 13. The van der Waals surface area contributed by atoms with E-state index in [0.29, 0.717) is 17.1 Å². The summed E-state index contributed by atoms with van der Waals surface area (Å²) in [5.74, 6) is -0.0282. The molecule has 0 aliphatic heterocycles. The molecule has 0 aliphatic carbocycles. The second-order valence-electron chi connectivity index (χ2n) is 9.71. The molecule has 0 unspecified atom stereocenters. The maximum absolute atomic E-state index is 13.0. The highest BCUT2D eigenvalue weighted by atomic mass is 35.5. The molecule has 0 radical (unpaired) electrons. The van der Waals surface area contributed by atoms with Gasteiger partial charge >= 0.3 is 6.03 Å². The van der Waals surface area contributed by atoms with Crippen LogP contribution in [-0.4, -0.2) is 22.6 Å². The number of urea groups is 1. The summed E-state index contributed by atoms with van der Waals surface area (Å²) in [6.07, 6.45) is 18.1. The van der Waals surface area contributed by atoms with Crippen molar-refractivity contribution in [2.24, 2.45) is 0 Å². The molecule has 6 heteroatoms. The van der Waals surface area contributed by atoms with Crippen molar-refractivity contribution in [3.05, 3.63) is 58.1 Å². The molecule has 0 fully saturated rings. The van der Waals surface area contributed by atoms with Crippen molar-refractivity contribution >= 4 is 34.9 Å². The third kappa shape index (κ3) is 12.4. The smallest absolute Gasteiger partial charge is 0.322 e. The minimum absolute atomic E-state index is 0.0282. The van der Waals surface area contributed by atoms with E-state index in [9.17, 15) is 9.90 Å².